The van der Waals surface area contributed by atoms with Crippen molar-refractivity contribution in [1.82, 2.24) is 5.32 Å². The Morgan fingerprint density at radius 1 is 1.39 bits per heavy atom. The summed E-state index contributed by atoms with van der Waals surface area (Å²) in [5.41, 5.74) is 6.98. The molecule has 0 spiro atoms. The van der Waals surface area contributed by atoms with E-state index in [2.05, 4.69) is 11.9 Å². The van der Waals surface area contributed by atoms with Crippen LogP contribution >= 0.6 is 0 Å². The zero-order valence-corrected chi connectivity index (χ0v) is 11.1. The van der Waals surface area contributed by atoms with E-state index in [0.717, 1.165) is 6.42 Å². The Labute approximate surface area is 109 Å². The Bertz CT molecular complexity index is 387. The van der Waals surface area contributed by atoms with Crippen LogP contribution in [0.4, 0.5) is 0 Å². The molecule has 0 radical (unpaired) electrons. The number of nitrogens with one attached hydrogen (secondary N) is 1. The van der Waals surface area contributed by atoms with Crippen molar-refractivity contribution in [2.24, 2.45) is 11.7 Å². The van der Waals surface area contributed by atoms with Crippen LogP contribution in [0.2, 0.25) is 0 Å². The maximum atomic E-state index is 11.9. The second kappa shape index (κ2) is 6.97. The molecule has 1 aromatic rings. The highest BCUT2D eigenvalue weighted by atomic mass is 16.2. The van der Waals surface area contributed by atoms with Gasteiger partial charge >= 0.3 is 0 Å². The molecule has 0 aliphatic heterocycles. The molecular weight excluding hydrogens is 224 g/mol. The Morgan fingerprint density at radius 2 is 2.00 bits per heavy atom. The number of hydrogen-bond donors (Lipinski definition) is 2. The van der Waals surface area contributed by atoms with Crippen molar-refractivity contribution in [3.05, 3.63) is 48.6 Å². The van der Waals surface area contributed by atoms with Gasteiger partial charge in [-0.2, -0.15) is 0 Å². The predicted molar refractivity (Wildman–Crippen MR) is 75.1 cm³/mol. The van der Waals surface area contributed by atoms with Gasteiger partial charge in [-0.3, -0.25) is 4.79 Å². The number of carbonyl (C=O) groups excluding carboxylic acids is 1. The molecule has 0 unspecified atom stereocenters. The maximum absolute atomic E-state index is 11.9. The molecule has 0 saturated heterocycles. The fourth-order valence-corrected chi connectivity index (χ4v) is 1.64. The molecule has 0 aliphatic carbocycles. The van der Waals surface area contributed by atoms with Crippen molar-refractivity contribution in [2.75, 3.05) is 0 Å². The van der Waals surface area contributed by atoms with E-state index < -0.39 is 6.04 Å². The van der Waals surface area contributed by atoms with Crippen molar-refractivity contribution in [2.45, 2.75) is 32.4 Å². The fraction of sp³-hybridized carbons (Fsp3) is 0.400. The minimum Gasteiger partial charge on any atom is -0.348 e. The fourth-order valence-electron chi connectivity index (χ4n) is 1.64. The van der Waals surface area contributed by atoms with Crippen LogP contribution in [0.3, 0.4) is 0 Å². The smallest absolute Gasteiger partial charge is 0.237 e. The summed E-state index contributed by atoms with van der Waals surface area (Å²) in [4.78, 5) is 11.9. The molecule has 3 heteroatoms. The summed E-state index contributed by atoms with van der Waals surface area (Å²) >= 11 is 0. The van der Waals surface area contributed by atoms with Gasteiger partial charge in [0.05, 0.1) is 12.1 Å². The summed E-state index contributed by atoms with van der Waals surface area (Å²) in [7, 11) is 0. The number of hydrogen-bond acceptors (Lipinski definition) is 2. The third kappa shape index (κ3) is 4.34. The molecule has 0 bridgehead atoms. The van der Waals surface area contributed by atoms with E-state index >= 15 is 0 Å². The Kier molecular flexibility index (Phi) is 5.59. The third-order valence-electron chi connectivity index (χ3n) is 2.93. The first-order chi connectivity index (χ1) is 8.54. The number of carbonyl (C=O) groups is 1. The van der Waals surface area contributed by atoms with Crippen LogP contribution in [0.5, 0.6) is 0 Å². The molecule has 0 saturated carbocycles. The molecule has 98 valence electrons. The summed E-state index contributed by atoms with van der Waals surface area (Å²) in [6.45, 7) is 7.63. The van der Waals surface area contributed by atoms with Gasteiger partial charge in [0.2, 0.25) is 5.91 Å². The zero-order chi connectivity index (χ0) is 13.5. The lowest BCUT2D eigenvalue weighted by Gasteiger charge is -2.20. The van der Waals surface area contributed by atoms with E-state index in [9.17, 15) is 4.79 Å². The summed E-state index contributed by atoms with van der Waals surface area (Å²) < 4.78 is 0. The van der Waals surface area contributed by atoms with Crippen molar-refractivity contribution in [1.29, 1.82) is 0 Å². The molecule has 0 fully saturated rings. The van der Waals surface area contributed by atoms with Gasteiger partial charge in [0.1, 0.15) is 0 Å². The highest BCUT2D eigenvalue weighted by molar-refractivity contribution is 5.82. The highest BCUT2D eigenvalue weighted by Crippen LogP contribution is 2.05. The van der Waals surface area contributed by atoms with Gasteiger partial charge in [-0.05, 0) is 17.9 Å². The van der Waals surface area contributed by atoms with Crippen LogP contribution in [0.15, 0.2) is 43.0 Å². The van der Waals surface area contributed by atoms with E-state index in [1.165, 1.54) is 5.56 Å². The van der Waals surface area contributed by atoms with Crippen LogP contribution < -0.4 is 11.1 Å². The molecule has 2 atom stereocenters. The highest BCUT2D eigenvalue weighted by Gasteiger charge is 2.19. The lowest BCUT2D eigenvalue weighted by atomic mass is 10.0. The van der Waals surface area contributed by atoms with E-state index in [1.807, 2.05) is 44.2 Å². The minimum atomic E-state index is -0.469. The summed E-state index contributed by atoms with van der Waals surface area (Å²) in [6, 6.07) is 9.46. The van der Waals surface area contributed by atoms with E-state index in [4.69, 9.17) is 5.73 Å². The third-order valence-corrected chi connectivity index (χ3v) is 2.93. The van der Waals surface area contributed by atoms with Crippen molar-refractivity contribution in [3.63, 3.8) is 0 Å². The first kappa shape index (κ1) is 14.5. The topological polar surface area (TPSA) is 55.1 Å². The largest absolute Gasteiger partial charge is 0.348 e. The summed E-state index contributed by atoms with van der Waals surface area (Å²) in [6.07, 6.45) is 2.48. The molecule has 18 heavy (non-hydrogen) atoms. The van der Waals surface area contributed by atoms with Gasteiger partial charge in [0, 0.05) is 0 Å². The molecule has 3 nitrogen and oxygen atoms in total. The van der Waals surface area contributed by atoms with Gasteiger partial charge < -0.3 is 11.1 Å². The first-order valence-corrected chi connectivity index (χ1v) is 6.27. The monoisotopic (exact) mass is 246 g/mol. The summed E-state index contributed by atoms with van der Waals surface area (Å²) in [5.74, 6) is 0.0121. The predicted octanol–water partition coefficient (Wildman–Crippen LogP) is 1.88. The number of amides is 1. The van der Waals surface area contributed by atoms with Gasteiger partial charge in [-0.1, -0.05) is 50.3 Å². The van der Waals surface area contributed by atoms with E-state index in [-0.39, 0.29) is 17.9 Å². The van der Waals surface area contributed by atoms with Crippen LogP contribution in [0.1, 0.15) is 19.4 Å². The number of rotatable bonds is 6. The van der Waals surface area contributed by atoms with Gasteiger partial charge in [-0.15, -0.1) is 6.58 Å². The van der Waals surface area contributed by atoms with Crippen LogP contribution in [-0.4, -0.2) is 18.0 Å². The normalized spacial score (nSPS) is 14.0. The molecule has 1 rings (SSSR count). The average Bonchev–Trinajstić information content (AvgIpc) is 2.37. The van der Waals surface area contributed by atoms with Crippen molar-refractivity contribution in [3.8, 4) is 0 Å². The second-order valence-electron chi connectivity index (χ2n) is 4.81. The number of benzene rings is 1. The van der Waals surface area contributed by atoms with Crippen LogP contribution in [0.25, 0.3) is 0 Å². The Balaban J connectivity index is 2.58. The zero-order valence-electron chi connectivity index (χ0n) is 11.1. The van der Waals surface area contributed by atoms with Gasteiger partial charge in [0.15, 0.2) is 0 Å². The molecule has 0 aromatic heterocycles. The quantitative estimate of drug-likeness (QED) is 0.753. The lowest BCUT2D eigenvalue weighted by molar-refractivity contribution is -0.123. The Hall–Kier alpha value is -1.61. The molecule has 1 aromatic carbocycles. The van der Waals surface area contributed by atoms with E-state index in [1.54, 1.807) is 6.08 Å². The van der Waals surface area contributed by atoms with Crippen molar-refractivity contribution >= 4 is 5.91 Å². The number of nitrogens with two attached hydrogens (primary N) is 1. The van der Waals surface area contributed by atoms with E-state index in [0.29, 0.717) is 0 Å². The van der Waals surface area contributed by atoms with Crippen molar-refractivity contribution < 1.29 is 4.79 Å². The SMILES string of the molecule is C=C[C@H](Cc1ccccc1)NC(=O)[C@@H](N)C(C)C. The van der Waals surface area contributed by atoms with Gasteiger partial charge in [0.25, 0.3) is 0 Å². The molecule has 3 N–H and O–H groups in total. The molecule has 0 aliphatic rings. The average molecular weight is 246 g/mol. The standard InChI is InChI=1S/C15H22N2O/c1-4-13(10-12-8-6-5-7-9-12)17-15(18)14(16)11(2)3/h4-9,11,13-14H,1,10,16H2,2-3H3,(H,17,18)/t13-,14+/m1/s1. The van der Waals surface area contributed by atoms with Crippen LogP contribution in [0, 0.1) is 5.92 Å². The summed E-state index contributed by atoms with van der Waals surface area (Å²) in [5, 5.41) is 2.91. The van der Waals surface area contributed by atoms with Gasteiger partial charge in [-0.25, -0.2) is 0 Å². The Morgan fingerprint density at radius 3 is 2.50 bits per heavy atom. The second-order valence-corrected chi connectivity index (χ2v) is 4.81. The molecule has 0 heterocycles. The minimum absolute atomic E-state index is 0.0790. The van der Waals surface area contributed by atoms with Crippen LogP contribution in [-0.2, 0) is 11.2 Å². The maximum Gasteiger partial charge on any atom is 0.237 e. The lowest BCUT2D eigenvalue weighted by Crippen LogP contribution is -2.47. The molecular formula is C15H22N2O. The first-order valence-electron chi connectivity index (χ1n) is 6.27. The molecule has 1 amide bonds.